The Hall–Kier alpha value is -1.89. The largest absolute Gasteiger partial charge is 0.340 e. The minimum Gasteiger partial charge on any atom is -0.340 e. The Morgan fingerprint density at radius 1 is 1.04 bits per heavy atom. The van der Waals surface area contributed by atoms with Gasteiger partial charge in [-0.2, -0.15) is 4.31 Å². The van der Waals surface area contributed by atoms with Gasteiger partial charge >= 0.3 is 0 Å². The SMILES string of the molecule is CN(Cc1ccc(Cl)cc1)C(=O)C(c1ccccc1)N(C)S(C)(=O)=O. The Balaban J connectivity index is 2.29. The van der Waals surface area contributed by atoms with Crippen LogP contribution in [0.15, 0.2) is 54.6 Å². The van der Waals surface area contributed by atoms with E-state index in [9.17, 15) is 13.2 Å². The summed E-state index contributed by atoms with van der Waals surface area (Å²) in [5, 5.41) is 0.622. The molecule has 1 unspecified atom stereocenters. The second-order valence-electron chi connectivity index (χ2n) is 5.91. The zero-order chi connectivity index (χ0) is 18.6. The highest BCUT2D eigenvalue weighted by atomic mass is 35.5. The summed E-state index contributed by atoms with van der Waals surface area (Å²) in [6.07, 6.45) is 1.09. The van der Waals surface area contributed by atoms with Gasteiger partial charge in [0.05, 0.1) is 6.26 Å². The van der Waals surface area contributed by atoms with Crippen LogP contribution >= 0.6 is 11.6 Å². The predicted molar refractivity (Wildman–Crippen MR) is 99.7 cm³/mol. The van der Waals surface area contributed by atoms with Gasteiger partial charge < -0.3 is 4.90 Å². The smallest absolute Gasteiger partial charge is 0.245 e. The van der Waals surface area contributed by atoms with E-state index in [1.54, 1.807) is 43.4 Å². The molecule has 25 heavy (non-hydrogen) atoms. The van der Waals surface area contributed by atoms with Crippen LogP contribution < -0.4 is 0 Å². The van der Waals surface area contributed by atoms with Gasteiger partial charge in [0.25, 0.3) is 0 Å². The van der Waals surface area contributed by atoms with Gasteiger partial charge in [0, 0.05) is 25.7 Å². The highest BCUT2D eigenvalue weighted by Crippen LogP contribution is 2.24. The van der Waals surface area contributed by atoms with Crippen LogP contribution in [0.2, 0.25) is 5.02 Å². The van der Waals surface area contributed by atoms with Crippen molar-refractivity contribution in [3.05, 3.63) is 70.7 Å². The molecule has 0 aliphatic rings. The minimum absolute atomic E-state index is 0.297. The lowest BCUT2D eigenvalue weighted by atomic mass is 10.1. The van der Waals surface area contributed by atoms with Gasteiger partial charge in [-0.15, -0.1) is 0 Å². The molecule has 2 aromatic rings. The van der Waals surface area contributed by atoms with Crippen LogP contribution in [0.1, 0.15) is 17.2 Å². The molecule has 0 heterocycles. The molecule has 7 heteroatoms. The summed E-state index contributed by atoms with van der Waals surface area (Å²) in [4.78, 5) is 14.5. The van der Waals surface area contributed by atoms with Crippen molar-refractivity contribution in [3.8, 4) is 0 Å². The first kappa shape index (κ1) is 19.4. The zero-order valence-electron chi connectivity index (χ0n) is 14.4. The summed E-state index contributed by atoms with van der Waals surface area (Å²) in [7, 11) is -0.465. The molecule has 2 rings (SSSR count). The van der Waals surface area contributed by atoms with E-state index in [-0.39, 0.29) is 5.91 Å². The third-order valence-corrected chi connectivity index (χ3v) is 5.45. The van der Waals surface area contributed by atoms with Gasteiger partial charge in [0.2, 0.25) is 15.9 Å². The molecule has 0 N–H and O–H groups in total. The fraction of sp³-hybridized carbons (Fsp3) is 0.278. The summed E-state index contributed by atoms with van der Waals surface area (Å²) < 4.78 is 25.1. The van der Waals surface area contributed by atoms with E-state index < -0.39 is 16.1 Å². The predicted octanol–water partition coefficient (Wildman–Crippen LogP) is 2.93. The summed E-state index contributed by atoms with van der Waals surface area (Å²) in [5.74, 6) is -0.297. The number of carbonyl (C=O) groups is 1. The van der Waals surface area contributed by atoms with Crippen LogP contribution in [0.4, 0.5) is 0 Å². The van der Waals surface area contributed by atoms with Gasteiger partial charge in [0.15, 0.2) is 0 Å². The van der Waals surface area contributed by atoms with Crippen molar-refractivity contribution in [2.24, 2.45) is 0 Å². The number of sulfonamides is 1. The maximum absolute atomic E-state index is 13.0. The van der Waals surface area contributed by atoms with Crippen LogP contribution in [-0.4, -0.2) is 43.9 Å². The van der Waals surface area contributed by atoms with Crippen LogP contribution in [-0.2, 0) is 21.4 Å². The maximum atomic E-state index is 13.0. The number of hydrogen-bond donors (Lipinski definition) is 0. The Morgan fingerprint density at radius 2 is 1.60 bits per heavy atom. The average molecular weight is 381 g/mol. The van der Waals surface area contributed by atoms with E-state index in [1.807, 2.05) is 18.2 Å². The maximum Gasteiger partial charge on any atom is 0.245 e. The van der Waals surface area contributed by atoms with Crippen molar-refractivity contribution < 1.29 is 13.2 Å². The monoisotopic (exact) mass is 380 g/mol. The molecule has 134 valence electrons. The summed E-state index contributed by atoms with van der Waals surface area (Å²) in [6.45, 7) is 0.358. The van der Waals surface area contributed by atoms with Gasteiger partial charge in [-0.3, -0.25) is 4.79 Å². The van der Waals surface area contributed by atoms with E-state index in [4.69, 9.17) is 11.6 Å². The first-order chi connectivity index (χ1) is 11.7. The standard InChI is InChI=1S/C18H21ClN2O3S/c1-20(13-14-9-11-16(19)12-10-14)18(22)17(21(2)25(3,23)24)15-7-5-4-6-8-15/h4-12,17H,13H2,1-3H3. The van der Waals surface area contributed by atoms with Crippen molar-refractivity contribution in [3.63, 3.8) is 0 Å². The minimum atomic E-state index is -3.54. The molecule has 5 nitrogen and oxygen atoms in total. The molecule has 0 aliphatic heterocycles. The van der Waals surface area contributed by atoms with Crippen LogP contribution in [0.5, 0.6) is 0 Å². The van der Waals surface area contributed by atoms with Crippen LogP contribution in [0, 0.1) is 0 Å². The molecule has 0 aliphatic carbocycles. The molecule has 0 fully saturated rings. The van der Waals surface area contributed by atoms with E-state index in [2.05, 4.69) is 0 Å². The Labute approximate surface area is 153 Å². The molecule has 1 amide bonds. The second-order valence-corrected chi connectivity index (χ2v) is 8.39. The third kappa shape index (κ3) is 5.04. The lowest BCUT2D eigenvalue weighted by molar-refractivity contribution is -0.134. The van der Waals surface area contributed by atoms with Gasteiger partial charge in [-0.05, 0) is 23.3 Å². The first-order valence-electron chi connectivity index (χ1n) is 7.67. The van der Waals surface area contributed by atoms with Crippen molar-refractivity contribution in [2.75, 3.05) is 20.4 Å². The normalized spacial score (nSPS) is 12.8. The van der Waals surface area contributed by atoms with E-state index in [1.165, 1.54) is 11.9 Å². The summed E-state index contributed by atoms with van der Waals surface area (Å²) in [6, 6.07) is 15.2. The highest BCUT2D eigenvalue weighted by molar-refractivity contribution is 7.88. The van der Waals surface area contributed by atoms with E-state index in [0.29, 0.717) is 17.1 Å². The molecule has 0 saturated heterocycles. The Kier molecular flexibility index (Phi) is 6.21. The van der Waals surface area contributed by atoms with Gasteiger partial charge in [-0.1, -0.05) is 54.1 Å². The van der Waals surface area contributed by atoms with E-state index >= 15 is 0 Å². The molecular formula is C18H21ClN2O3S. The molecule has 0 spiro atoms. The number of halogens is 1. The van der Waals surface area contributed by atoms with Crippen molar-refractivity contribution in [1.29, 1.82) is 0 Å². The first-order valence-corrected chi connectivity index (χ1v) is 9.90. The fourth-order valence-corrected chi connectivity index (χ4v) is 3.21. The van der Waals surface area contributed by atoms with Crippen LogP contribution in [0.25, 0.3) is 0 Å². The summed E-state index contributed by atoms with van der Waals surface area (Å²) >= 11 is 5.88. The zero-order valence-corrected chi connectivity index (χ0v) is 16.0. The molecule has 0 saturated carbocycles. The number of rotatable bonds is 6. The Morgan fingerprint density at radius 3 is 2.12 bits per heavy atom. The van der Waals surface area contributed by atoms with Crippen LogP contribution in [0.3, 0.4) is 0 Å². The number of benzene rings is 2. The topological polar surface area (TPSA) is 57.7 Å². The van der Waals surface area contributed by atoms with Crippen molar-refractivity contribution in [1.82, 2.24) is 9.21 Å². The number of nitrogens with zero attached hydrogens (tertiary/aromatic N) is 2. The fourth-order valence-electron chi connectivity index (χ4n) is 2.49. The lowest BCUT2D eigenvalue weighted by Crippen LogP contribution is -2.41. The molecular weight excluding hydrogens is 360 g/mol. The van der Waals surface area contributed by atoms with E-state index in [0.717, 1.165) is 16.1 Å². The Bertz CT molecular complexity index is 823. The van der Waals surface area contributed by atoms with Crippen molar-refractivity contribution in [2.45, 2.75) is 12.6 Å². The molecule has 0 bridgehead atoms. The quantitative estimate of drug-likeness (QED) is 0.774. The lowest BCUT2D eigenvalue weighted by Gasteiger charge is -2.29. The van der Waals surface area contributed by atoms with Crippen molar-refractivity contribution >= 4 is 27.5 Å². The summed E-state index contributed by atoms with van der Waals surface area (Å²) in [5.41, 5.74) is 1.54. The molecule has 1 atom stereocenters. The van der Waals surface area contributed by atoms with Gasteiger partial charge in [-0.25, -0.2) is 8.42 Å². The number of carbonyl (C=O) groups excluding carboxylic acids is 1. The number of hydrogen-bond acceptors (Lipinski definition) is 3. The number of amides is 1. The third-order valence-electron chi connectivity index (χ3n) is 3.95. The average Bonchev–Trinajstić information content (AvgIpc) is 2.57. The second kappa shape index (κ2) is 7.99. The molecule has 2 aromatic carbocycles. The highest BCUT2D eigenvalue weighted by Gasteiger charge is 2.32. The molecule has 0 aromatic heterocycles. The number of likely N-dealkylation sites (N-methyl/N-ethyl adjacent to an activating group) is 2. The van der Waals surface area contributed by atoms with Gasteiger partial charge in [0.1, 0.15) is 6.04 Å². The molecule has 0 radical (unpaired) electrons.